The van der Waals surface area contributed by atoms with Crippen LogP contribution in [0.15, 0.2) is 24.4 Å². The Hall–Kier alpha value is -2.10. The van der Waals surface area contributed by atoms with E-state index in [1.807, 2.05) is 19.9 Å². The number of aromatic nitrogens is 2. The number of fused-ring (bicyclic) bond motifs is 1. The largest absolute Gasteiger partial charge is 0.399 e. The summed E-state index contributed by atoms with van der Waals surface area (Å²) in [6, 6.07) is 6.51. The van der Waals surface area contributed by atoms with Crippen molar-refractivity contribution in [2.45, 2.75) is 39.2 Å². The van der Waals surface area contributed by atoms with Crippen LogP contribution in [0.3, 0.4) is 0 Å². The van der Waals surface area contributed by atoms with Gasteiger partial charge in [-0.15, -0.1) is 0 Å². The first kappa shape index (κ1) is 12.9. The molecule has 104 valence electrons. The number of nitrogens with two attached hydrogens (primary N) is 1. The highest BCUT2D eigenvalue weighted by Crippen LogP contribution is 2.33. The number of aryl methyl sites for hydroxylation is 3. The standard InChI is InChI=1S/C16H20N4/c1-10-9-18-11(2)16(19-10)20-15-5-3-4-12-8-13(17)6-7-14(12)15/h6-9,15H,3-5,17H2,1-2H3,(H,19,20). The normalized spacial score (nSPS) is 17.6. The Labute approximate surface area is 119 Å². The van der Waals surface area contributed by atoms with Gasteiger partial charge in [-0.25, -0.2) is 4.98 Å². The summed E-state index contributed by atoms with van der Waals surface area (Å²) in [5.74, 6) is 0.889. The molecule has 2 aromatic rings. The van der Waals surface area contributed by atoms with E-state index < -0.39 is 0 Å². The Kier molecular flexibility index (Phi) is 3.30. The highest BCUT2D eigenvalue weighted by atomic mass is 15.0. The molecule has 0 spiro atoms. The van der Waals surface area contributed by atoms with Gasteiger partial charge in [0.1, 0.15) is 5.82 Å². The molecule has 1 aliphatic rings. The van der Waals surface area contributed by atoms with Gasteiger partial charge in [-0.2, -0.15) is 0 Å². The van der Waals surface area contributed by atoms with Crippen molar-refractivity contribution >= 4 is 11.5 Å². The third kappa shape index (κ3) is 2.46. The van der Waals surface area contributed by atoms with Crippen LogP contribution in [0, 0.1) is 13.8 Å². The molecule has 1 atom stereocenters. The summed E-state index contributed by atoms with van der Waals surface area (Å²) < 4.78 is 0. The van der Waals surface area contributed by atoms with Crippen LogP contribution in [0.2, 0.25) is 0 Å². The highest BCUT2D eigenvalue weighted by Gasteiger charge is 2.21. The summed E-state index contributed by atoms with van der Waals surface area (Å²) in [5, 5.41) is 3.55. The van der Waals surface area contributed by atoms with Crippen LogP contribution in [0.25, 0.3) is 0 Å². The summed E-state index contributed by atoms with van der Waals surface area (Å²) >= 11 is 0. The number of nitrogens with zero attached hydrogens (tertiary/aromatic N) is 2. The zero-order valence-corrected chi connectivity index (χ0v) is 12.0. The minimum absolute atomic E-state index is 0.300. The Balaban J connectivity index is 1.91. The fourth-order valence-corrected chi connectivity index (χ4v) is 2.82. The van der Waals surface area contributed by atoms with E-state index in [4.69, 9.17) is 5.73 Å². The van der Waals surface area contributed by atoms with Crippen molar-refractivity contribution in [3.8, 4) is 0 Å². The number of nitrogens with one attached hydrogen (secondary N) is 1. The fraction of sp³-hybridized carbons (Fsp3) is 0.375. The average Bonchev–Trinajstić information content (AvgIpc) is 2.43. The van der Waals surface area contributed by atoms with E-state index in [0.29, 0.717) is 6.04 Å². The van der Waals surface area contributed by atoms with Crippen LogP contribution < -0.4 is 11.1 Å². The van der Waals surface area contributed by atoms with Crippen molar-refractivity contribution in [2.75, 3.05) is 11.1 Å². The van der Waals surface area contributed by atoms with Gasteiger partial charge in [-0.3, -0.25) is 4.98 Å². The lowest BCUT2D eigenvalue weighted by Gasteiger charge is -2.27. The molecule has 0 saturated heterocycles. The van der Waals surface area contributed by atoms with E-state index in [-0.39, 0.29) is 0 Å². The topological polar surface area (TPSA) is 63.8 Å². The van der Waals surface area contributed by atoms with Crippen LogP contribution in [0.4, 0.5) is 11.5 Å². The third-order valence-corrected chi connectivity index (χ3v) is 3.87. The molecule has 4 heteroatoms. The van der Waals surface area contributed by atoms with Crippen molar-refractivity contribution in [1.29, 1.82) is 0 Å². The number of hydrogen-bond donors (Lipinski definition) is 2. The summed E-state index contributed by atoms with van der Waals surface area (Å²) in [5.41, 5.74) is 11.3. The molecule has 1 aromatic heterocycles. The number of rotatable bonds is 2. The second-order valence-electron chi connectivity index (χ2n) is 5.49. The van der Waals surface area contributed by atoms with Crippen molar-refractivity contribution in [1.82, 2.24) is 9.97 Å². The maximum absolute atomic E-state index is 5.88. The van der Waals surface area contributed by atoms with Gasteiger partial charge in [-0.05, 0) is 56.4 Å². The lowest BCUT2D eigenvalue weighted by molar-refractivity contribution is 0.598. The average molecular weight is 268 g/mol. The summed E-state index contributed by atoms with van der Waals surface area (Å²) in [7, 11) is 0. The van der Waals surface area contributed by atoms with Crippen LogP contribution in [-0.4, -0.2) is 9.97 Å². The van der Waals surface area contributed by atoms with Crippen LogP contribution in [0.5, 0.6) is 0 Å². The molecule has 4 nitrogen and oxygen atoms in total. The number of hydrogen-bond acceptors (Lipinski definition) is 4. The molecule has 0 bridgehead atoms. The maximum atomic E-state index is 5.88. The zero-order chi connectivity index (χ0) is 14.1. The molecule has 1 unspecified atom stereocenters. The van der Waals surface area contributed by atoms with Crippen molar-refractivity contribution in [3.05, 3.63) is 46.9 Å². The molecular weight excluding hydrogens is 248 g/mol. The lowest BCUT2D eigenvalue weighted by atomic mass is 9.87. The second kappa shape index (κ2) is 5.12. The quantitative estimate of drug-likeness (QED) is 0.821. The maximum Gasteiger partial charge on any atom is 0.148 e. The van der Waals surface area contributed by atoms with Gasteiger partial charge >= 0.3 is 0 Å². The van der Waals surface area contributed by atoms with E-state index in [1.54, 1.807) is 6.20 Å². The Morgan fingerprint density at radius 3 is 3.00 bits per heavy atom. The summed E-state index contributed by atoms with van der Waals surface area (Å²) in [4.78, 5) is 8.93. The van der Waals surface area contributed by atoms with E-state index in [2.05, 4.69) is 27.4 Å². The molecule has 0 fully saturated rings. The van der Waals surface area contributed by atoms with E-state index >= 15 is 0 Å². The van der Waals surface area contributed by atoms with E-state index in [9.17, 15) is 0 Å². The molecule has 3 N–H and O–H groups in total. The molecule has 1 aliphatic carbocycles. The van der Waals surface area contributed by atoms with Gasteiger partial charge in [0.25, 0.3) is 0 Å². The van der Waals surface area contributed by atoms with Crippen LogP contribution in [-0.2, 0) is 6.42 Å². The monoisotopic (exact) mass is 268 g/mol. The van der Waals surface area contributed by atoms with E-state index in [1.165, 1.54) is 17.5 Å². The molecule has 0 radical (unpaired) electrons. The van der Waals surface area contributed by atoms with Crippen molar-refractivity contribution < 1.29 is 0 Å². The van der Waals surface area contributed by atoms with E-state index in [0.717, 1.165) is 35.7 Å². The van der Waals surface area contributed by atoms with Gasteiger partial charge in [0, 0.05) is 11.9 Å². The van der Waals surface area contributed by atoms with Gasteiger partial charge in [-0.1, -0.05) is 6.07 Å². The minimum Gasteiger partial charge on any atom is -0.399 e. The molecule has 1 aromatic carbocycles. The predicted octanol–water partition coefficient (Wildman–Crippen LogP) is 3.17. The highest BCUT2D eigenvalue weighted by molar-refractivity contribution is 5.50. The van der Waals surface area contributed by atoms with Gasteiger partial charge in [0.05, 0.1) is 17.4 Å². The predicted molar refractivity (Wildman–Crippen MR) is 81.7 cm³/mol. The van der Waals surface area contributed by atoms with Crippen molar-refractivity contribution in [2.24, 2.45) is 0 Å². The fourth-order valence-electron chi connectivity index (χ4n) is 2.82. The first-order valence-electron chi connectivity index (χ1n) is 7.08. The van der Waals surface area contributed by atoms with Gasteiger partial charge in [0.2, 0.25) is 0 Å². The molecule has 1 heterocycles. The zero-order valence-electron chi connectivity index (χ0n) is 12.0. The SMILES string of the molecule is Cc1cnc(C)c(NC2CCCc3cc(N)ccc32)n1. The third-order valence-electron chi connectivity index (χ3n) is 3.87. The Bertz CT molecular complexity index is 636. The summed E-state index contributed by atoms with van der Waals surface area (Å²) in [6.07, 6.45) is 5.20. The molecule has 3 rings (SSSR count). The minimum atomic E-state index is 0.300. The number of nitrogen functional groups attached to an aromatic ring is 1. The smallest absolute Gasteiger partial charge is 0.148 e. The molecule has 0 saturated carbocycles. The summed E-state index contributed by atoms with van der Waals surface area (Å²) in [6.45, 7) is 3.95. The van der Waals surface area contributed by atoms with Crippen molar-refractivity contribution in [3.63, 3.8) is 0 Å². The molecule has 0 amide bonds. The number of anilines is 2. The first-order valence-corrected chi connectivity index (χ1v) is 7.08. The van der Waals surface area contributed by atoms with Gasteiger partial charge in [0.15, 0.2) is 0 Å². The number of benzene rings is 1. The lowest BCUT2D eigenvalue weighted by Crippen LogP contribution is -2.19. The Morgan fingerprint density at radius 2 is 2.15 bits per heavy atom. The molecule has 20 heavy (non-hydrogen) atoms. The molecular formula is C16H20N4. The Morgan fingerprint density at radius 1 is 1.30 bits per heavy atom. The first-order chi connectivity index (χ1) is 9.63. The molecule has 0 aliphatic heterocycles. The second-order valence-corrected chi connectivity index (χ2v) is 5.49. The van der Waals surface area contributed by atoms with Crippen LogP contribution in [0.1, 0.15) is 41.4 Å². The van der Waals surface area contributed by atoms with Crippen LogP contribution >= 0.6 is 0 Å². The van der Waals surface area contributed by atoms with Gasteiger partial charge < -0.3 is 11.1 Å².